The zero-order valence-corrected chi connectivity index (χ0v) is 21.0. The maximum atomic E-state index is 6.45. The van der Waals surface area contributed by atoms with E-state index in [1.165, 1.54) is 90.8 Å². The number of nitrogens with zero attached hydrogens (tertiary/aromatic N) is 4. The molecule has 180 valence electrons. The van der Waals surface area contributed by atoms with E-state index in [-0.39, 0.29) is 0 Å². The molecule has 4 saturated heterocycles. The number of hydrogen-bond donors (Lipinski definition) is 0. The monoisotopic (exact) mass is 434 g/mol. The molecule has 0 saturated carbocycles. The highest BCUT2D eigenvalue weighted by Crippen LogP contribution is 2.29. The molecule has 0 bridgehead atoms. The molecule has 4 aliphatic heterocycles. The molecule has 4 aliphatic rings. The molecule has 0 spiro atoms. The normalized spacial score (nSPS) is 32.7. The number of hydrogen-bond acceptors (Lipinski definition) is 5. The van der Waals surface area contributed by atoms with Crippen LogP contribution in [0.25, 0.3) is 0 Å². The van der Waals surface area contributed by atoms with Crippen molar-refractivity contribution in [2.75, 3.05) is 59.0 Å². The number of morpholine rings is 1. The van der Waals surface area contributed by atoms with E-state index in [0.717, 1.165) is 31.2 Å². The van der Waals surface area contributed by atoms with Gasteiger partial charge in [0.1, 0.15) is 0 Å². The van der Waals surface area contributed by atoms with Gasteiger partial charge in [-0.2, -0.15) is 0 Å². The molecule has 0 aromatic rings. The lowest BCUT2D eigenvalue weighted by Gasteiger charge is -2.45. The molecule has 0 aromatic heterocycles. The van der Waals surface area contributed by atoms with Gasteiger partial charge in [-0.25, -0.2) is 0 Å². The molecule has 0 amide bonds. The van der Waals surface area contributed by atoms with Crippen LogP contribution in [-0.4, -0.2) is 109 Å². The number of piperidine rings is 2. The van der Waals surface area contributed by atoms with Gasteiger partial charge in [-0.3, -0.25) is 9.80 Å². The van der Waals surface area contributed by atoms with Crippen molar-refractivity contribution in [2.45, 2.75) is 103 Å². The second-order valence-electron chi connectivity index (χ2n) is 11.4. The molecule has 0 aliphatic carbocycles. The minimum Gasteiger partial charge on any atom is -0.375 e. The first-order valence-electron chi connectivity index (χ1n) is 13.6. The summed E-state index contributed by atoms with van der Waals surface area (Å²) in [6.07, 6.45) is 9.99. The molecule has 0 N–H and O–H groups in total. The lowest BCUT2D eigenvalue weighted by molar-refractivity contribution is -0.0835. The fraction of sp³-hybridized carbons (Fsp3) is 1.00. The van der Waals surface area contributed by atoms with Crippen molar-refractivity contribution in [3.05, 3.63) is 0 Å². The van der Waals surface area contributed by atoms with Gasteiger partial charge >= 0.3 is 0 Å². The van der Waals surface area contributed by atoms with Gasteiger partial charge in [0.25, 0.3) is 0 Å². The predicted octanol–water partition coefficient (Wildman–Crippen LogP) is 3.53. The van der Waals surface area contributed by atoms with Crippen molar-refractivity contribution in [3.8, 4) is 0 Å². The maximum Gasteiger partial charge on any atom is 0.0743 e. The maximum absolute atomic E-state index is 6.45. The van der Waals surface area contributed by atoms with Crippen LogP contribution in [0.5, 0.6) is 0 Å². The van der Waals surface area contributed by atoms with Gasteiger partial charge < -0.3 is 14.5 Å². The fourth-order valence-corrected chi connectivity index (χ4v) is 6.69. The van der Waals surface area contributed by atoms with Gasteiger partial charge in [-0.1, -0.05) is 6.42 Å². The molecule has 0 aromatic carbocycles. The first kappa shape index (κ1) is 23.9. The molecule has 5 heteroatoms. The van der Waals surface area contributed by atoms with Gasteiger partial charge in [0.15, 0.2) is 0 Å². The van der Waals surface area contributed by atoms with E-state index in [1.807, 2.05) is 0 Å². The Hall–Kier alpha value is -0.200. The highest BCUT2D eigenvalue weighted by molar-refractivity contribution is 4.90. The third-order valence-corrected chi connectivity index (χ3v) is 8.88. The average molecular weight is 435 g/mol. The molecule has 4 heterocycles. The smallest absolute Gasteiger partial charge is 0.0743 e. The summed E-state index contributed by atoms with van der Waals surface area (Å²) in [4.78, 5) is 11.0. The standard InChI is InChI=1S/C26H50N4O/c1-21(2)27-13-8-24(9-14-27)29-12-6-5-7-23(19-29)26-20-30(17-18-31-26)25-10-15-28(16-11-25)22(3)4/h21-26H,5-20H2,1-4H3. The average Bonchev–Trinajstić information content (AvgIpc) is 3.06. The van der Waals surface area contributed by atoms with Crippen LogP contribution in [-0.2, 0) is 4.74 Å². The van der Waals surface area contributed by atoms with Crippen LogP contribution in [0.1, 0.15) is 72.6 Å². The SMILES string of the molecule is CC(C)N1CCC(N2CCCCC(C3CN(C4CCN(C(C)C)CC4)CCO3)C2)CC1. The van der Waals surface area contributed by atoms with Crippen molar-refractivity contribution in [3.63, 3.8) is 0 Å². The zero-order valence-electron chi connectivity index (χ0n) is 21.0. The molecule has 5 nitrogen and oxygen atoms in total. The first-order chi connectivity index (χ1) is 15.0. The second-order valence-corrected chi connectivity index (χ2v) is 11.4. The van der Waals surface area contributed by atoms with Crippen LogP contribution in [0.2, 0.25) is 0 Å². The molecule has 4 rings (SSSR count). The first-order valence-corrected chi connectivity index (χ1v) is 13.6. The Morgan fingerprint density at radius 1 is 0.613 bits per heavy atom. The molecule has 4 fully saturated rings. The number of ether oxygens (including phenoxy) is 1. The molecule has 0 radical (unpaired) electrons. The van der Waals surface area contributed by atoms with Crippen LogP contribution in [0.3, 0.4) is 0 Å². The Bertz CT molecular complexity index is 526. The molecular formula is C26H50N4O. The Kier molecular flexibility index (Phi) is 8.72. The topological polar surface area (TPSA) is 22.2 Å². The largest absolute Gasteiger partial charge is 0.375 e. The lowest BCUT2D eigenvalue weighted by atomic mass is 9.93. The van der Waals surface area contributed by atoms with Gasteiger partial charge in [-0.05, 0) is 105 Å². The lowest BCUT2D eigenvalue weighted by Crippen LogP contribution is -2.55. The van der Waals surface area contributed by atoms with Crippen LogP contribution in [0, 0.1) is 5.92 Å². The Labute approximate surface area is 192 Å². The van der Waals surface area contributed by atoms with E-state index >= 15 is 0 Å². The summed E-state index contributed by atoms with van der Waals surface area (Å²) in [7, 11) is 0. The van der Waals surface area contributed by atoms with Crippen LogP contribution in [0.15, 0.2) is 0 Å². The van der Waals surface area contributed by atoms with Crippen molar-refractivity contribution in [2.24, 2.45) is 5.92 Å². The summed E-state index contributed by atoms with van der Waals surface area (Å²) in [5, 5.41) is 0. The summed E-state index contributed by atoms with van der Waals surface area (Å²) in [6, 6.07) is 2.98. The van der Waals surface area contributed by atoms with Crippen LogP contribution in [0.4, 0.5) is 0 Å². The van der Waals surface area contributed by atoms with Gasteiger partial charge in [0.2, 0.25) is 0 Å². The minimum atomic E-state index is 0.452. The minimum absolute atomic E-state index is 0.452. The van der Waals surface area contributed by atoms with Crippen molar-refractivity contribution in [1.82, 2.24) is 19.6 Å². The van der Waals surface area contributed by atoms with E-state index in [0.29, 0.717) is 18.2 Å². The van der Waals surface area contributed by atoms with Gasteiger partial charge in [-0.15, -0.1) is 0 Å². The summed E-state index contributed by atoms with van der Waals surface area (Å²) < 4.78 is 6.45. The third-order valence-electron chi connectivity index (χ3n) is 8.88. The van der Waals surface area contributed by atoms with E-state index in [9.17, 15) is 0 Å². The van der Waals surface area contributed by atoms with Crippen molar-refractivity contribution < 1.29 is 4.74 Å². The van der Waals surface area contributed by atoms with Gasteiger partial charge in [0, 0.05) is 43.8 Å². The van der Waals surface area contributed by atoms with E-state index in [1.54, 1.807) is 0 Å². The summed E-state index contributed by atoms with van der Waals surface area (Å²) in [5.74, 6) is 0.726. The van der Waals surface area contributed by atoms with Crippen molar-refractivity contribution in [1.29, 1.82) is 0 Å². The zero-order chi connectivity index (χ0) is 21.8. The van der Waals surface area contributed by atoms with Crippen LogP contribution < -0.4 is 0 Å². The Morgan fingerprint density at radius 3 is 1.71 bits per heavy atom. The molecular weight excluding hydrogens is 384 g/mol. The molecule has 2 unspecified atom stereocenters. The highest BCUT2D eigenvalue weighted by Gasteiger charge is 2.36. The summed E-state index contributed by atoms with van der Waals surface area (Å²) in [6.45, 7) is 20.4. The predicted molar refractivity (Wildman–Crippen MR) is 130 cm³/mol. The Balaban J connectivity index is 1.30. The molecule has 31 heavy (non-hydrogen) atoms. The highest BCUT2D eigenvalue weighted by atomic mass is 16.5. The third kappa shape index (κ3) is 6.23. The van der Waals surface area contributed by atoms with Crippen LogP contribution >= 0.6 is 0 Å². The summed E-state index contributed by atoms with van der Waals surface area (Å²) >= 11 is 0. The van der Waals surface area contributed by atoms with Gasteiger partial charge in [0.05, 0.1) is 12.7 Å². The van der Waals surface area contributed by atoms with E-state index < -0.39 is 0 Å². The quantitative estimate of drug-likeness (QED) is 0.658. The second kappa shape index (κ2) is 11.3. The number of likely N-dealkylation sites (tertiary alicyclic amines) is 3. The van der Waals surface area contributed by atoms with Crippen molar-refractivity contribution >= 4 is 0 Å². The van der Waals surface area contributed by atoms with E-state index in [2.05, 4.69) is 47.3 Å². The molecule has 2 atom stereocenters. The number of rotatable bonds is 5. The summed E-state index contributed by atoms with van der Waals surface area (Å²) in [5.41, 5.74) is 0. The Morgan fingerprint density at radius 2 is 1.16 bits per heavy atom. The van der Waals surface area contributed by atoms with E-state index in [4.69, 9.17) is 4.74 Å². The fourth-order valence-electron chi connectivity index (χ4n) is 6.69.